The molecule has 2 aromatic rings. The van der Waals surface area contributed by atoms with E-state index < -0.39 is 0 Å². The SMILES string of the molecule is CC(=O)N1CCN(c2ccc(NC(=O)CCc3ccc(C)cc3)cc2)CC1. The summed E-state index contributed by atoms with van der Waals surface area (Å²) in [6, 6.07) is 16.2. The van der Waals surface area contributed by atoms with Crippen LogP contribution in [0.1, 0.15) is 24.5 Å². The van der Waals surface area contributed by atoms with Crippen molar-refractivity contribution in [3.63, 3.8) is 0 Å². The van der Waals surface area contributed by atoms with E-state index in [1.54, 1.807) is 6.92 Å². The largest absolute Gasteiger partial charge is 0.368 e. The summed E-state index contributed by atoms with van der Waals surface area (Å²) in [6.07, 6.45) is 1.21. The maximum absolute atomic E-state index is 12.2. The summed E-state index contributed by atoms with van der Waals surface area (Å²) in [5.74, 6) is 0.164. The lowest BCUT2D eigenvalue weighted by atomic mass is 10.1. The molecule has 3 rings (SSSR count). The Morgan fingerprint density at radius 3 is 2.15 bits per heavy atom. The van der Waals surface area contributed by atoms with Crippen LogP contribution in [0, 0.1) is 6.92 Å². The number of rotatable bonds is 5. The first-order valence-electron chi connectivity index (χ1n) is 9.47. The fourth-order valence-electron chi connectivity index (χ4n) is 3.27. The van der Waals surface area contributed by atoms with Crippen LogP contribution in [-0.4, -0.2) is 42.9 Å². The number of hydrogen-bond donors (Lipinski definition) is 1. The Labute approximate surface area is 161 Å². The van der Waals surface area contributed by atoms with Gasteiger partial charge in [0.2, 0.25) is 11.8 Å². The van der Waals surface area contributed by atoms with Gasteiger partial charge in [-0.15, -0.1) is 0 Å². The van der Waals surface area contributed by atoms with E-state index in [-0.39, 0.29) is 11.8 Å². The van der Waals surface area contributed by atoms with E-state index in [1.165, 1.54) is 11.1 Å². The van der Waals surface area contributed by atoms with Gasteiger partial charge in [-0.05, 0) is 43.2 Å². The first kappa shape index (κ1) is 19.0. The number of anilines is 2. The van der Waals surface area contributed by atoms with Crippen molar-refractivity contribution < 1.29 is 9.59 Å². The highest BCUT2D eigenvalue weighted by Gasteiger charge is 2.18. The molecule has 1 aliphatic heterocycles. The molecule has 142 valence electrons. The number of nitrogens with zero attached hydrogens (tertiary/aromatic N) is 2. The van der Waals surface area contributed by atoms with Crippen LogP contribution in [0.3, 0.4) is 0 Å². The quantitative estimate of drug-likeness (QED) is 0.885. The van der Waals surface area contributed by atoms with Crippen molar-refractivity contribution in [1.29, 1.82) is 0 Å². The van der Waals surface area contributed by atoms with E-state index in [9.17, 15) is 9.59 Å². The van der Waals surface area contributed by atoms with Crippen LogP contribution in [0.4, 0.5) is 11.4 Å². The summed E-state index contributed by atoms with van der Waals surface area (Å²) in [4.78, 5) is 27.7. The Morgan fingerprint density at radius 2 is 1.56 bits per heavy atom. The predicted octanol–water partition coefficient (Wildman–Crippen LogP) is 3.23. The second-order valence-electron chi connectivity index (χ2n) is 7.07. The molecule has 0 atom stereocenters. The van der Waals surface area contributed by atoms with E-state index in [2.05, 4.69) is 41.4 Å². The highest BCUT2D eigenvalue weighted by molar-refractivity contribution is 5.91. The van der Waals surface area contributed by atoms with Gasteiger partial charge >= 0.3 is 0 Å². The molecule has 0 spiro atoms. The normalized spacial score (nSPS) is 14.1. The number of aryl methyl sites for hydroxylation is 2. The Balaban J connectivity index is 1.48. The Hall–Kier alpha value is -2.82. The highest BCUT2D eigenvalue weighted by atomic mass is 16.2. The lowest BCUT2D eigenvalue weighted by molar-refractivity contribution is -0.129. The van der Waals surface area contributed by atoms with Gasteiger partial charge in [-0.1, -0.05) is 29.8 Å². The number of piperazine rings is 1. The van der Waals surface area contributed by atoms with Crippen LogP contribution in [0.25, 0.3) is 0 Å². The van der Waals surface area contributed by atoms with E-state index in [4.69, 9.17) is 0 Å². The first-order chi connectivity index (χ1) is 13.0. The zero-order valence-corrected chi connectivity index (χ0v) is 16.1. The van der Waals surface area contributed by atoms with E-state index in [1.807, 2.05) is 29.2 Å². The van der Waals surface area contributed by atoms with E-state index in [0.717, 1.165) is 44.0 Å². The lowest BCUT2D eigenvalue weighted by Gasteiger charge is -2.35. The molecule has 2 aromatic carbocycles. The topological polar surface area (TPSA) is 52.7 Å². The summed E-state index contributed by atoms with van der Waals surface area (Å²) < 4.78 is 0. The van der Waals surface area contributed by atoms with E-state index in [0.29, 0.717) is 6.42 Å². The summed E-state index contributed by atoms with van der Waals surface area (Å²) in [5, 5.41) is 2.97. The summed E-state index contributed by atoms with van der Waals surface area (Å²) in [7, 11) is 0. The second kappa shape index (κ2) is 8.71. The minimum Gasteiger partial charge on any atom is -0.368 e. The molecule has 2 amide bonds. The molecule has 0 unspecified atom stereocenters. The van der Waals surface area contributed by atoms with Crippen molar-refractivity contribution >= 4 is 23.2 Å². The average Bonchev–Trinajstić information content (AvgIpc) is 2.68. The van der Waals surface area contributed by atoms with Crippen LogP contribution in [0.15, 0.2) is 48.5 Å². The Morgan fingerprint density at radius 1 is 0.926 bits per heavy atom. The molecule has 0 radical (unpaired) electrons. The number of hydrogen-bond acceptors (Lipinski definition) is 3. The van der Waals surface area contributed by atoms with Crippen LogP contribution < -0.4 is 10.2 Å². The maximum Gasteiger partial charge on any atom is 0.224 e. The number of carbonyl (C=O) groups excluding carboxylic acids is 2. The fraction of sp³-hybridized carbons (Fsp3) is 0.364. The van der Waals surface area contributed by atoms with Gasteiger partial charge in [0.15, 0.2) is 0 Å². The number of nitrogens with one attached hydrogen (secondary N) is 1. The smallest absolute Gasteiger partial charge is 0.224 e. The monoisotopic (exact) mass is 365 g/mol. The molecular weight excluding hydrogens is 338 g/mol. The van der Waals surface area contributed by atoms with Crippen LogP contribution in [-0.2, 0) is 16.0 Å². The summed E-state index contributed by atoms with van der Waals surface area (Å²) in [6.45, 7) is 6.86. The molecule has 5 nitrogen and oxygen atoms in total. The molecule has 0 saturated carbocycles. The minimum atomic E-state index is 0.0263. The second-order valence-corrected chi connectivity index (χ2v) is 7.07. The number of benzene rings is 2. The summed E-state index contributed by atoms with van der Waals surface area (Å²) >= 11 is 0. The van der Waals surface area contributed by atoms with Crippen LogP contribution in [0.2, 0.25) is 0 Å². The molecule has 1 aliphatic rings. The third-order valence-electron chi connectivity index (χ3n) is 5.00. The van der Waals surface area contributed by atoms with Gasteiger partial charge in [0.05, 0.1) is 0 Å². The lowest BCUT2D eigenvalue weighted by Crippen LogP contribution is -2.48. The molecule has 1 saturated heterocycles. The van der Waals surface area contributed by atoms with Gasteiger partial charge in [-0.2, -0.15) is 0 Å². The van der Waals surface area contributed by atoms with Crippen molar-refractivity contribution in [3.8, 4) is 0 Å². The zero-order valence-electron chi connectivity index (χ0n) is 16.1. The zero-order chi connectivity index (χ0) is 19.2. The molecule has 0 aliphatic carbocycles. The van der Waals surface area contributed by atoms with Gasteiger partial charge in [-0.3, -0.25) is 9.59 Å². The standard InChI is InChI=1S/C22H27N3O2/c1-17-3-5-19(6-4-17)7-12-22(27)23-20-8-10-21(11-9-20)25-15-13-24(14-16-25)18(2)26/h3-6,8-11H,7,12-16H2,1-2H3,(H,23,27). The van der Waals surface area contributed by atoms with E-state index >= 15 is 0 Å². The van der Waals surface area contributed by atoms with Gasteiger partial charge in [0.25, 0.3) is 0 Å². The molecular formula is C22H27N3O2. The molecule has 0 aromatic heterocycles. The predicted molar refractivity (Wildman–Crippen MR) is 109 cm³/mol. The average molecular weight is 365 g/mol. The van der Waals surface area contributed by atoms with Crippen molar-refractivity contribution in [3.05, 3.63) is 59.7 Å². The third-order valence-corrected chi connectivity index (χ3v) is 5.00. The molecule has 27 heavy (non-hydrogen) atoms. The van der Waals surface area contributed by atoms with Gasteiger partial charge in [-0.25, -0.2) is 0 Å². The van der Waals surface area contributed by atoms with Crippen molar-refractivity contribution in [1.82, 2.24) is 4.90 Å². The first-order valence-corrected chi connectivity index (χ1v) is 9.47. The minimum absolute atomic E-state index is 0.0263. The Bertz CT molecular complexity index is 776. The number of amides is 2. The Kier molecular flexibility index (Phi) is 6.12. The van der Waals surface area contributed by atoms with Crippen molar-refractivity contribution in [2.75, 3.05) is 36.4 Å². The van der Waals surface area contributed by atoms with Gasteiger partial charge in [0.1, 0.15) is 0 Å². The summed E-state index contributed by atoms with van der Waals surface area (Å²) in [5.41, 5.74) is 4.34. The third kappa shape index (κ3) is 5.33. The molecule has 0 bridgehead atoms. The van der Waals surface area contributed by atoms with Gasteiger partial charge in [0, 0.05) is 50.9 Å². The fourth-order valence-corrected chi connectivity index (χ4v) is 3.27. The van der Waals surface area contributed by atoms with Crippen LogP contribution >= 0.6 is 0 Å². The van der Waals surface area contributed by atoms with Gasteiger partial charge < -0.3 is 15.1 Å². The van der Waals surface area contributed by atoms with Crippen molar-refractivity contribution in [2.24, 2.45) is 0 Å². The highest BCUT2D eigenvalue weighted by Crippen LogP contribution is 2.20. The maximum atomic E-state index is 12.2. The number of carbonyl (C=O) groups is 2. The molecule has 1 fully saturated rings. The van der Waals surface area contributed by atoms with Crippen molar-refractivity contribution in [2.45, 2.75) is 26.7 Å². The molecule has 1 N–H and O–H groups in total. The molecule has 1 heterocycles. The van der Waals surface area contributed by atoms with Crippen LogP contribution in [0.5, 0.6) is 0 Å². The molecule has 5 heteroatoms.